The smallest absolute Gasteiger partial charge is 0.227 e. The van der Waals surface area contributed by atoms with Gasteiger partial charge in [0.1, 0.15) is 17.8 Å². The zero-order valence-electron chi connectivity index (χ0n) is 19.8. The molecule has 3 aromatic rings. The third-order valence-electron chi connectivity index (χ3n) is 6.34. The normalized spacial score (nSPS) is 21.4. The van der Waals surface area contributed by atoms with Crippen molar-refractivity contribution in [1.29, 1.82) is 0 Å². The fraction of sp³-hybridized carbons (Fsp3) is 0.565. The first kappa shape index (κ1) is 22.7. The van der Waals surface area contributed by atoms with Crippen molar-refractivity contribution in [2.45, 2.75) is 38.6 Å². The second kappa shape index (κ2) is 9.67. The van der Waals surface area contributed by atoms with Gasteiger partial charge in [-0.1, -0.05) is 0 Å². The number of piperidine rings is 1. The van der Waals surface area contributed by atoms with Crippen LogP contribution in [0.15, 0.2) is 24.5 Å². The molecule has 1 N–H and O–H groups in total. The number of aromatic nitrogens is 5. The van der Waals surface area contributed by atoms with E-state index in [1.165, 1.54) is 0 Å². The van der Waals surface area contributed by atoms with Crippen LogP contribution in [0, 0.1) is 0 Å². The largest absolute Gasteiger partial charge is 0.378 e. The van der Waals surface area contributed by atoms with Crippen molar-refractivity contribution in [3.05, 3.63) is 24.5 Å². The molecule has 2 aliphatic heterocycles. The molecule has 2 saturated heterocycles. The van der Waals surface area contributed by atoms with Crippen molar-refractivity contribution >= 4 is 34.3 Å². The van der Waals surface area contributed by atoms with E-state index in [0.29, 0.717) is 43.8 Å². The van der Waals surface area contributed by atoms with Crippen molar-refractivity contribution in [3.63, 3.8) is 0 Å². The van der Waals surface area contributed by atoms with Crippen LogP contribution in [0.4, 0.5) is 27.8 Å². The first-order valence-corrected chi connectivity index (χ1v) is 11.8. The zero-order chi connectivity index (χ0) is 23.7. The van der Waals surface area contributed by atoms with Gasteiger partial charge in [0.15, 0.2) is 5.82 Å². The van der Waals surface area contributed by atoms with Gasteiger partial charge in [-0.25, -0.2) is 14.4 Å². The number of ether oxygens (including phenoxy) is 2. The number of pyridine rings is 1. The molecule has 10 nitrogen and oxygen atoms in total. The minimum atomic E-state index is -1.07. The van der Waals surface area contributed by atoms with Crippen LogP contribution in [-0.2, 0) is 9.47 Å². The average Bonchev–Trinajstić information content (AvgIpc) is 3.24. The lowest BCUT2D eigenvalue weighted by Gasteiger charge is -2.33. The number of hydrogen-bond donors (Lipinski definition) is 1. The number of nitrogens with zero attached hydrogens (tertiary/aromatic N) is 7. The summed E-state index contributed by atoms with van der Waals surface area (Å²) in [7, 11) is 1.55. The van der Waals surface area contributed by atoms with E-state index in [2.05, 4.69) is 39.0 Å². The summed E-state index contributed by atoms with van der Waals surface area (Å²) in [5, 5.41) is 9.19. The lowest BCUT2D eigenvalue weighted by atomic mass is 10.1. The monoisotopic (exact) mass is 470 g/mol. The van der Waals surface area contributed by atoms with Crippen LogP contribution >= 0.6 is 0 Å². The summed E-state index contributed by atoms with van der Waals surface area (Å²) >= 11 is 0. The highest BCUT2D eigenvalue weighted by molar-refractivity contribution is 5.92. The Morgan fingerprint density at radius 2 is 1.97 bits per heavy atom. The fourth-order valence-corrected chi connectivity index (χ4v) is 4.52. The SMILES string of the molecule is CO[C@H]1CCN(c2nccc(Nc3cc4c(cn3)c(N3CCOCC3)nn4C(C)C)n2)C[C@H]1F. The number of rotatable bonds is 6. The van der Waals surface area contributed by atoms with Crippen molar-refractivity contribution in [1.82, 2.24) is 24.7 Å². The Hall–Kier alpha value is -3.05. The van der Waals surface area contributed by atoms with E-state index in [-0.39, 0.29) is 18.7 Å². The molecule has 0 spiro atoms. The molecule has 5 heterocycles. The molecule has 182 valence electrons. The van der Waals surface area contributed by atoms with E-state index in [1.807, 2.05) is 21.8 Å². The first-order valence-electron chi connectivity index (χ1n) is 11.8. The molecule has 2 aliphatic rings. The Kier molecular flexibility index (Phi) is 6.46. The van der Waals surface area contributed by atoms with Crippen molar-refractivity contribution in [2.75, 3.05) is 61.6 Å². The second-order valence-corrected chi connectivity index (χ2v) is 8.94. The van der Waals surface area contributed by atoms with Gasteiger partial charge in [0, 0.05) is 51.2 Å². The van der Waals surface area contributed by atoms with Gasteiger partial charge in [-0.05, 0) is 26.3 Å². The van der Waals surface area contributed by atoms with Gasteiger partial charge >= 0.3 is 0 Å². The standard InChI is InChI=1S/C23H31FN8O2/c1-15(2)32-18-12-21(26-13-16(18)22(29-32)30-8-10-34-11-9-30)27-20-4-6-25-23(28-20)31-7-5-19(33-3)17(24)14-31/h4,6,12-13,15,17,19H,5,7-11,14H2,1-3H3,(H,25,26,27,28)/t17-,19+/m1/s1. The molecule has 0 aromatic carbocycles. The molecule has 3 aromatic heterocycles. The summed E-state index contributed by atoms with van der Waals surface area (Å²) in [4.78, 5) is 17.7. The molecular weight excluding hydrogens is 439 g/mol. The van der Waals surface area contributed by atoms with Gasteiger partial charge in [-0.15, -0.1) is 0 Å². The van der Waals surface area contributed by atoms with Gasteiger partial charge in [0.05, 0.1) is 36.8 Å². The minimum absolute atomic E-state index is 0.196. The molecule has 0 unspecified atom stereocenters. The van der Waals surface area contributed by atoms with Crippen LogP contribution in [0.3, 0.4) is 0 Å². The molecule has 0 radical (unpaired) electrons. The van der Waals surface area contributed by atoms with Gasteiger partial charge in [0.25, 0.3) is 0 Å². The van der Waals surface area contributed by atoms with Crippen molar-refractivity contribution in [3.8, 4) is 0 Å². The van der Waals surface area contributed by atoms with E-state index in [1.54, 1.807) is 19.4 Å². The van der Waals surface area contributed by atoms with Crippen LogP contribution in [0.25, 0.3) is 10.9 Å². The molecule has 5 rings (SSSR count). The van der Waals surface area contributed by atoms with E-state index in [4.69, 9.17) is 14.6 Å². The maximum atomic E-state index is 14.4. The molecule has 11 heteroatoms. The second-order valence-electron chi connectivity index (χ2n) is 8.94. The number of nitrogens with one attached hydrogen (secondary N) is 1. The van der Waals surface area contributed by atoms with Gasteiger partial charge in [0.2, 0.25) is 5.95 Å². The third-order valence-corrected chi connectivity index (χ3v) is 6.34. The van der Waals surface area contributed by atoms with Crippen molar-refractivity contribution in [2.24, 2.45) is 0 Å². The molecule has 0 amide bonds. The van der Waals surface area contributed by atoms with Crippen LogP contribution in [0.2, 0.25) is 0 Å². The average molecular weight is 471 g/mol. The summed E-state index contributed by atoms with van der Waals surface area (Å²) in [6, 6.07) is 3.97. The molecule has 2 atom stereocenters. The predicted octanol–water partition coefficient (Wildman–Crippen LogP) is 2.95. The number of anilines is 4. The topological polar surface area (TPSA) is 93.5 Å². The van der Waals surface area contributed by atoms with Crippen LogP contribution in [-0.4, -0.2) is 83.5 Å². The number of methoxy groups -OCH3 is 1. The van der Waals surface area contributed by atoms with E-state index < -0.39 is 6.17 Å². The zero-order valence-corrected chi connectivity index (χ0v) is 19.8. The molecule has 0 bridgehead atoms. The number of hydrogen-bond acceptors (Lipinski definition) is 9. The molecule has 0 saturated carbocycles. The predicted molar refractivity (Wildman–Crippen MR) is 129 cm³/mol. The van der Waals surface area contributed by atoms with E-state index in [9.17, 15) is 4.39 Å². The molecular formula is C23H31FN8O2. The molecule has 34 heavy (non-hydrogen) atoms. The number of alkyl halides is 1. The Morgan fingerprint density at radius 3 is 2.71 bits per heavy atom. The lowest BCUT2D eigenvalue weighted by molar-refractivity contribution is 0.0194. The van der Waals surface area contributed by atoms with E-state index >= 15 is 0 Å². The minimum Gasteiger partial charge on any atom is -0.378 e. The van der Waals surface area contributed by atoms with Crippen LogP contribution in [0.1, 0.15) is 26.3 Å². The van der Waals surface area contributed by atoms with Gasteiger partial charge in [-0.3, -0.25) is 4.68 Å². The Labute approximate surface area is 198 Å². The fourth-order valence-electron chi connectivity index (χ4n) is 4.52. The number of halogens is 1. The number of morpholine rings is 1. The number of fused-ring (bicyclic) bond motifs is 1. The van der Waals surface area contributed by atoms with E-state index in [0.717, 1.165) is 29.8 Å². The molecule has 0 aliphatic carbocycles. The summed E-state index contributed by atoms with van der Waals surface area (Å²) in [6.07, 6.45) is 2.69. The summed E-state index contributed by atoms with van der Waals surface area (Å²) in [6.45, 7) is 8.12. The maximum absolute atomic E-state index is 14.4. The van der Waals surface area contributed by atoms with Crippen molar-refractivity contribution < 1.29 is 13.9 Å². The van der Waals surface area contributed by atoms with Crippen LogP contribution in [0.5, 0.6) is 0 Å². The lowest BCUT2D eigenvalue weighted by Crippen LogP contribution is -2.46. The summed E-state index contributed by atoms with van der Waals surface area (Å²) in [5.74, 6) is 2.69. The maximum Gasteiger partial charge on any atom is 0.227 e. The summed E-state index contributed by atoms with van der Waals surface area (Å²) in [5.41, 5.74) is 1.00. The highest BCUT2D eigenvalue weighted by atomic mass is 19.1. The van der Waals surface area contributed by atoms with Crippen LogP contribution < -0.4 is 15.1 Å². The first-order chi connectivity index (χ1) is 16.5. The molecule has 2 fully saturated rings. The van der Waals surface area contributed by atoms with Gasteiger partial charge < -0.3 is 24.6 Å². The Balaban J connectivity index is 1.39. The Morgan fingerprint density at radius 1 is 1.15 bits per heavy atom. The quantitative estimate of drug-likeness (QED) is 0.584. The highest BCUT2D eigenvalue weighted by Crippen LogP contribution is 2.30. The summed E-state index contributed by atoms with van der Waals surface area (Å²) < 4.78 is 27.1. The highest BCUT2D eigenvalue weighted by Gasteiger charge is 2.30. The van der Waals surface area contributed by atoms with Gasteiger partial charge in [-0.2, -0.15) is 10.1 Å². The third kappa shape index (κ3) is 4.49. The Bertz CT molecular complexity index is 1130.